The van der Waals surface area contributed by atoms with Crippen molar-refractivity contribution in [1.29, 1.82) is 0 Å². The molecule has 8 heteroatoms. The molecule has 0 spiro atoms. The molecule has 0 saturated carbocycles. The smallest absolute Gasteiger partial charge is 0.387 e. The third-order valence-electron chi connectivity index (χ3n) is 4.32. The van der Waals surface area contributed by atoms with E-state index in [9.17, 15) is 13.6 Å². The van der Waals surface area contributed by atoms with E-state index in [1.807, 2.05) is 0 Å². The summed E-state index contributed by atoms with van der Waals surface area (Å²) in [6.45, 7) is -2.89. The third-order valence-corrected chi connectivity index (χ3v) is 5.52. The molecule has 5 nitrogen and oxygen atoms in total. The number of alkyl halides is 2. The monoisotopic (exact) mass is 375 g/mol. The van der Waals surface area contributed by atoms with Gasteiger partial charge in [0, 0.05) is 10.4 Å². The summed E-state index contributed by atoms with van der Waals surface area (Å²) in [6.07, 6.45) is 5.73. The second-order valence-corrected chi connectivity index (χ2v) is 7.05. The third kappa shape index (κ3) is 3.24. The normalized spacial score (nSPS) is 13.7. The molecule has 3 aromatic rings. The highest BCUT2D eigenvalue weighted by Gasteiger charge is 2.21. The van der Waals surface area contributed by atoms with Crippen LogP contribution in [0.15, 0.2) is 30.6 Å². The Kier molecular flexibility index (Phi) is 4.50. The van der Waals surface area contributed by atoms with Crippen LogP contribution >= 0.6 is 11.3 Å². The van der Waals surface area contributed by atoms with Gasteiger partial charge in [-0.25, -0.2) is 9.97 Å². The van der Waals surface area contributed by atoms with Crippen molar-refractivity contribution < 1.29 is 18.3 Å². The van der Waals surface area contributed by atoms with Crippen LogP contribution in [-0.4, -0.2) is 22.5 Å². The Bertz CT molecular complexity index is 957. The van der Waals surface area contributed by atoms with Gasteiger partial charge in [0.15, 0.2) is 0 Å². The van der Waals surface area contributed by atoms with E-state index in [1.54, 1.807) is 11.3 Å². The van der Waals surface area contributed by atoms with Crippen LogP contribution < -0.4 is 10.1 Å². The average molecular weight is 375 g/mol. The quantitative estimate of drug-likeness (QED) is 0.733. The molecule has 134 valence electrons. The molecular formula is C18H15F2N3O2S. The molecule has 1 N–H and O–H groups in total. The van der Waals surface area contributed by atoms with Gasteiger partial charge in [0.05, 0.1) is 5.39 Å². The van der Waals surface area contributed by atoms with Crippen LogP contribution in [0.5, 0.6) is 5.75 Å². The number of benzene rings is 1. The summed E-state index contributed by atoms with van der Waals surface area (Å²) in [4.78, 5) is 23.3. The predicted octanol–water partition coefficient (Wildman–Crippen LogP) is 4.42. The van der Waals surface area contributed by atoms with Gasteiger partial charge in [-0.1, -0.05) is 0 Å². The standard InChI is InChI=1S/C18H15F2N3O2S/c19-18(20)25-11-7-5-10(6-8-11)16(24)23-15-14-12-3-1-2-4-13(12)26-17(14)22-9-21-15/h5-9,18H,1-4H2,(H,21,22,23,24). The Morgan fingerprint density at radius 1 is 1.15 bits per heavy atom. The Hall–Kier alpha value is -2.61. The first-order valence-corrected chi connectivity index (χ1v) is 9.05. The Labute approximate surface area is 152 Å². The van der Waals surface area contributed by atoms with Gasteiger partial charge in [-0.05, 0) is 55.5 Å². The minimum absolute atomic E-state index is 0.00730. The molecule has 2 aromatic heterocycles. The van der Waals surface area contributed by atoms with Crippen molar-refractivity contribution >= 4 is 33.3 Å². The van der Waals surface area contributed by atoms with Crippen molar-refractivity contribution in [2.24, 2.45) is 0 Å². The number of ether oxygens (including phenoxy) is 1. The summed E-state index contributed by atoms with van der Waals surface area (Å²) < 4.78 is 28.7. The van der Waals surface area contributed by atoms with E-state index in [4.69, 9.17) is 0 Å². The van der Waals surface area contributed by atoms with Crippen molar-refractivity contribution in [2.75, 3.05) is 5.32 Å². The predicted molar refractivity (Wildman–Crippen MR) is 95.1 cm³/mol. The van der Waals surface area contributed by atoms with Crippen LogP contribution in [-0.2, 0) is 12.8 Å². The first-order chi connectivity index (χ1) is 12.6. The molecule has 2 heterocycles. The number of hydrogen-bond donors (Lipinski definition) is 1. The zero-order chi connectivity index (χ0) is 18.1. The van der Waals surface area contributed by atoms with Crippen molar-refractivity contribution in [1.82, 2.24) is 9.97 Å². The van der Waals surface area contributed by atoms with Gasteiger partial charge in [0.1, 0.15) is 22.7 Å². The summed E-state index contributed by atoms with van der Waals surface area (Å²) in [6, 6.07) is 5.55. The lowest BCUT2D eigenvalue weighted by molar-refractivity contribution is -0.0498. The average Bonchev–Trinajstić information content (AvgIpc) is 3.01. The van der Waals surface area contributed by atoms with E-state index in [-0.39, 0.29) is 11.7 Å². The van der Waals surface area contributed by atoms with Gasteiger partial charge in [-0.3, -0.25) is 4.79 Å². The highest BCUT2D eigenvalue weighted by molar-refractivity contribution is 7.19. The second kappa shape index (κ2) is 6.95. The molecule has 0 atom stereocenters. The van der Waals surface area contributed by atoms with E-state index in [0.29, 0.717) is 11.4 Å². The summed E-state index contributed by atoms with van der Waals surface area (Å²) >= 11 is 1.65. The number of fused-ring (bicyclic) bond motifs is 3. The van der Waals surface area contributed by atoms with Gasteiger partial charge in [-0.2, -0.15) is 8.78 Å². The second-order valence-electron chi connectivity index (χ2n) is 5.97. The zero-order valence-electron chi connectivity index (χ0n) is 13.7. The van der Waals surface area contributed by atoms with Crippen molar-refractivity contribution in [2.45, 2.75) is 32.3 Å². The number of thiophene rings is 1. The number of aromatic nitrogens is 2. The molecular weight excluding hydrogens is 360 g/mol. The Morgan fingerprint density at radius 3 is 2.69 bits per heavy atom. The lowest BCUT2D eigenvalue weighted by Crippen LogP contribution is -2.14. The molecule has 26 heavy (non-hydrogen) atoms. The minimum Gasteiger partial charge on any atom is -0.435 e. The van der Waals surface area contributed by atoms with Crippen molar-refractivity contribution in [3.8, 4) is 5.75 Å². The molecule has 1 aliphatic carbocycles. The topological polar surface area (TPSA) is 64.1 Å². The Balaban J connectivity index is 1.61. The lowest BCUT2D eigenvalue weighted by Gasteiger charge is -2.12. The van der Waals surface area contributed by atoms with Crippen LogP contribution in [0.3, 0.4) is 0 Å². The van der Waals surface area contributed by atoms with Crippen LogP contribution in [0, 0.1) is 0 Å². The number of halogens is 2. The van der Waals surface area contributed by atoms with Gasteiger partial charge >= 0.3 is 6.61 Å². The number of amides is 1. The highest BCUT2D eigenvalue weighted by Crippen LogP contribution is 2.38. The molecule has 0 fully saturated rings. The fourth-order valence-electron chi connectivity index (χ4n) is 3.15. The van der Waals surface area contributed by atoms with E-state index < -0.39 is 6.61 Å². The number of nitrogens with zero attached hydrogens (tertiary/aromatic N) is 2. The van der Waals surface area contributed by atoms with E-state index >= 15 is 0 Å². The molecule has 1 aliphatic rings. The summed E-state index contributed by atoms with van der Waals surface area (Å²) in [5, 5.41) is 3.74. The molecule has 0 unspecified atom stereocenters. The number of hydrogen-bond acceptors (Lipinski definition) is 5. The van der Waals surface area contributed by atoms with E-state index in [1.165, 1.54) is 47.5 Å². The maximum absolute atomic E-state index is 12.5. The van der Waals surface area contributed by atoms with Crippen LogP contribution in [0.1, 0.15) is 33.6 Å². The van der Waals surface area contributed by atoms with Crippen LogP contribution in [0.2, 0.25) is 0 Å². The molecule has 0 radical (unpaired) electrons. The highest BCUT2D eigenvalue weighted by atomic mass is 32.1. The van der Waals surface area contributed by atoms with E-state index in [2.05, 4.69) is 20.0 Å². The van der Waals surface area contributed by atoms with E-state index in [0.717, 1.165) is 29.5 Å². The summed E-state index contributed by atoms with van der Waals surface area (Å²) in [5.41, 5.74) is 1.57. The first kappa shape index (κ1) is 16.8. The van der Waals surface area contributed by atoms with Gasteiger partial charge < -0.3 is 10.1 Å². The lowest BCUT2D eigenvalue weighted by atomic mass is 9.97. The van der Waals surface area contributed by atoms with Gasteiger partial charge in [-0.15, -0.1) is 11.3 Å². The summed E-state index contributed by atoms with van der Waals surface area (Å²) in [5.74, 6) is 0.143. The fraction of sp³-hybridized carbons (Fsp3) is 0.278. The fourth-order valence-corrected chi connectivity index (χ4v) is 4.38. The molecule has 0 aliphatic heterocycles. The number of carbonyl (C=O) groups excluding carboxylic acids is 1. The molecule has 0 bridgehead atoms. The van der Waals surface area contributed by atoms with Crippen molar-refractivity contribution in [3.05, 3.63) is 46.6 Å². The molecule has 0 saturated heterocycles. The SMILES string of the molecule is O=C(Nc1ncnc2sc3c(c12)CCCC3)c1ccc(OC(F)F)cc1. The molecule has 1 amide bonds. The number of anilines is 1. The molecule has 1 aromatic carbocycles. The maximum Gasteiger partial charge on any atom is 0.387 e. The molecule has 4 rings (SSSR count). The van der Waals surface area contributed by atoms with Crippen LogP contribution in [0.25, 0.3) is 10.2 Å². The Morgan fingerprint density at radius 2 is 1.92 bits per heavy atom. The van der Waals surface area contributed by atoms with Gasteiger partial charge in [0.2, 0.25) is 0 Å². The van der Waals surface area contributed by atoms with Crippen molar-refractivity contribution in [3.63, 3.8) is 0 Å². The largest absolute Gasteiger partial charge is 0.435 e. The number of carbonyl (C=O) groups is 1. The summed E-state index contributed by atoms with van der Waals surface area (Å²) in [7, 11) is 0. The van der Waals surface area contributed by atoms with Crippen LogP contribution in [0.4, 0.5) is 14.6 Å². The number of rotatable bonds is 4. The first-order valence-electron chi connectivity index (χ1n) is 8.23. The van der Waals surface area contributed by atoms with Gasteiger partial charge in [0.25, 0.3) is 5.91 Å². The minimum atomic E-state index is -2.89. The number of aryl methyl sites for hydroxylation is 2. The number of nitrogens with one attached hydrogen (secondary N) is 1. The maximum atomic E-state index is 12.5. The zero-order valence-corrected chi connectivity index (χ0v) is 14.5.